The molecule has 3 aromatic carbocycles. The van der Waals surface area contributed by atoms with Gasteiger partial charge >= 0.3 is 0 Å². The van der Waals surface area contributed by atoms with Gasteiger partial charge in [-0.25, -0.2) is 0 Å². The quantitative estimate of drug-likeness (QED) is 0.443. The minimum Gasteiger partial charge on any atom is -0.0843 e. The Kier molecular flexibility index (Phi) is 5.53. The second-order valence-electron chi connectivity index (χ2n) is 6.22. The van der Waals surface area contributed by atoms with Crippen molar-refractivity contribution in [1.29, 1.82) is 0 Å². The summed E-state index contributed by atoms with van der Waals surface area (Å²) in [6, 6.07) is 25.2. The fourth-order valence-corrected chi connectivity index (χ4v) is 2.78. The smallest absolute Gasteiger partial charge is 0.0406 e. The van der Waals surface area contributed by atoms with E-state index in [1.807, 2.05) is 24.3 Å². The fourth-order valence-electron chi connectivity index (χ4n) is 2.65. The van der Waals surface area contributed by atoms with Crippen LogP contribution in [0.2, 0.25) is 5.02 Å². The van der Waals surface area contributed by atoms with Crippen LogP contribution < -0.4 is 0 Å². The van der Waals surface area contributed by atoms with E-state index in [0.717, 1.165) is 10.6 Å². The molecule has 0 spiro atoms. The van der Waals surface area contributed by atoms with E-state index in [-0.39, 0.29) is 0 Å². The number of halogens is 1. The van der Waals surface area contributed by atoms with Gasteiger partial charge < -0.3 is 0 Å². The molecule has 0 saturated heterocycles. The molecule has 0 fully saturated rings. The van der Waals surface area contributed by atoms with Crippen molar-refractivity contribution in [3.8, 4) is 0 Å². The van der Waals surface area contributed by atoms with Crippen LogP contribution in [0.3, 0.4) is 0 Å². The lowest BCUT2D eigenvalue weighted by Crippen LogP contribution is -1.88. The summed E-state index contributed by atoms with van der Waals surface area (Å²) in [5.74, 6) is 0. The molecule has 0 bridgehead atoms. The van der Waals surface area contributed by atoms with E-state index < -0.39 is 0 Å². The van der Waals surface area contributed by atoms with E-state index in [1.54, 1.807) is 0 Å². The molecular formula is C24H21Cl. The third-order valence-electron chi connectivity index (χ3n) is 4.15. The molecule has 0 unspecified atom stereocenters. The summed E-state index contributed by atoms with van der Waals surface area (Å²) in [6.07, 6.45) is 6.36. The Morgan fingerprint density at radius 3 is 1.64 bits per heavy atom. The lowest BCUT2D eigenvalue weighted by molar-refractivity contribution is 1.43. The SMILES string of the molecule is Cc1ccc(C(=C/C=C/c2ccc(Cl)cc2)c2ccc(C)cc2)cc1. The molecule has 124 valence electrons. The summed E-state index contributed by atoms with van der Waals surface area (Å²) < 4.78 is 0. The van der Waals surface area contributed by atoms with Gasteiger partial charge in [0.15, 0.2) is 0 Å². The Bertz CT molecular complexity index is 833. The van der Waals surface area contributed by atoms with Crippen molar-refractivity contribution in [2.24, 2.45) is 0 Å². The highest BCUT2D eigenvalue weighted by atomic mass is 35.5. The molecule has 0 radical (unpaired) electrons. The zero-order chi connectivity index (χ0) is 17.6. The van der Waals surface area contributed by atoms with Crippen LogP contribution in [0.5, 0.6) is 0 Å². The number of hydrogen-bond donors (Lipinski definition) is 0. The first-order chi connectivity index (χ1) is 12.1. The summed E-state index contributed by atoms with van der Waals surface area (Å²) in [6.45, 7) is 4.22. The first-order valence-corrected chi connectivity index (χ1v) is 8.78. The van der Waals surface area contributed by atoms with Gasteiger partial charge in [-0.15, -0.1) is 0 Å². The Labute approximate surface area is 155 Å². The maximum absolute atomic E-state index is 5.95. The van der Waals surface area contributed by atoms with Gasteiger partial charge in [-0.3, -0.25) is 0 Å². The average Bonchev–Trinajstić information content (AvgIpc) is 2.62. The first-order valence-electron chi connectivity index (χ1n) is 8.40. The molecule has 0 aliphatic rings. The average molecular weight is 345 g/mol. The zero-order valence-electron chi connectivity index (χ0n) is 14.5. The summed E-state index contributed by atoms with van der Waals surface area (Å²) in [5, 5.41) is 0.757. The third-order valence-corrected chi connectivity index (χ3v) is 4.40. The molecule has 1 heteroatoms. The van der Waals surface area contributed by atoms with Crippen LogP contribution in [0, 0.1) is 13.8 Å². The summed E-state index contributed by atoms with van der Waals surface area (Å²) >= 11 is 5.95. The van der Waals surface area contributed by atoms with Gasteiger partial charge in [0.25, 0.3) is 0 Å². The van der Waals surface area contributed by atoms with Crippen LogP contribution >= 0.6 is 11.6 Å². The minimum atomic E-state index is 0.757. The second kappa shape index (κ2) is 8.00. The molecule has 3 aromatic rings. The van der Waals surface area contributed by atoms with Gasteiger partial charge in [-0.1, -0.05) is 102 Å². The molecule has 0 aromatic heterocycles. The number of rotatable bonds is 4. The molecule has 25 heavy (non-hydrogen) atoms. The number of hydrogen-bond acceptors (Lipinski definition) is 0. The lowest BCUT2D eigenvalue weighted by atomic mass is 9.96. The zero-order valence-corrected chi connectivity index (χ0v) is 15.3. The minimum absolute atomic E-state index is 0.757. The monoisotopic (exact) mass is 344 g/mol. The van der Waals surface area contributed by atoms with E-state index in [4.69, 9.17) is 11.6 Å². The Hall–Kier alpha value is -2.57. The van der Waals surface area contributed by atoms with Crippen molar-refractivity contribution in [3.05, 3.63) is 118 Å². The van der Waals surface area contributed by atoms with Crippen molar-refractivity contribution >= 4 is 23.3 Å². The second-order valence-corrected chi connectivity index (χ2v) is 6.66. The molecule has 0 heterocycles. The largest absolute Gasteiger partial charge is 0.0843 e. The van der Waals surface area contributed by atoms with Crippen molar-refractivity contribution in [1.82, 2.24) is 0 Å². The maximum Gasteiger partial charge on any atom is 0.0406 e. The van der Waals surface area contributed by atoms with E-state index in [2.05, 4.69) is 80.6 Å². The third kappa shape index (κ3) is 4.71. The summed E-state index contributed by atoms with van der Waals surface area (Å²) in [5.41, 5.74) is 7.32. The van der Waals surface area contributed by atoms with Crippen LogP contribution in [-0.2, 0) is 0 Å². The van der Waals surface area contributed by atoms with E-state index in [0.29, 0.717) is 0 Å². The van der Waals surface area contributed by atoms with E-state index in [9.17, 15) is 0 Å². The molecule has 0 aliphatic carbocycles. The van der Waals surface area contributed by atoms with E-state index >= 15 is 0 Å². The predicted molar refractivity (Wildman–Crippen MR) is 110 cm³/mol. The van der Waals surface area contributed by atoms with Crippen molar-refractivity contribution < 1.29 is 0 Å². The Morgan fingerprint density at radius 1 is 0.680 bits per heavy atom. The van der Waals surface area contributed by atoms with Gasteiger partial charge in [0.05, 0.1) is 0 Å². The highest BCUT2D eigenvalue weighted by Gasteiger charge is 2.04. The Balaban J connectivity index is 1.96. The molecule has 0 atom stereocenters. The summed E-state index contributed by atoms with van der Waals surface area (Å²) in [7, 11) is 0. The molecule has 0 amide bonds. The highest BCUT2D eigenvalue weighted by molar-refractivity contribution is 6.30. The maximum atomic E-state index is 5.95. The topological polar surface area (TPSA) is 0 Å². The predicted octanol–water partition coefficient (Wildman–Crippen LogP) is 7.10. The molecule has 0 aliphatic heterocycles. The highest BCUT2D eigenvalue weighted by Crippen LogP contribution is 2.24. The number of allylic oxidation sites excluding steroid dienone is 2. The van der Waals surface area contributed by atoms with Crippen LogP contribution in [-0.4, -0.2) is 0 Å². The number of aryl methyl sites for hydroxylation is 2. The normalized spacial score (nSPS) is 10.8. The number of benzene rings is 3. The first kappa shape index (κ1) is 17.3. The van der Waals surface area contributed by atoms with Crippen molar-refractivity contribution in [2.75, 3.05) is 0 Å². The van der Waals surface area contributed by atoms with Gasteiger partial charge in [-0.2, -0.15) is 0 Å². The molecule has 0 nitrogen and oxygen atoms in total. The van der Waals surface area contributed by atoms with Gasteiger partial charge in [0, 0.05) is 5.02 Å². The molecule has 0 N–H and O–H groups in total. The molecular weight excluding hydrogens is 324 g/mol. The van der Waals surface area contributed by atoms with Crippen molar-refractivity contribution in [3.63, 3.8) is 0 Å². The van der Waals surface area contributed by atoms with Gasteiger partial charge in [0.1, 0.15) is 0 Å². The van der Waals surface area contributed by atoms with Crippen LogP contribution in [0.4, 0.5) is 0 Å². The molecule has 3 rings (SSSR count). The van der Waals surface area contributed by atoms with Crippen LogP contribution in [0.15, 0.2) is 84.9 Å². The van der Waals surface area contributed by atoms with Crippen molar-refractivity contribution in [2.45, 2.75) is 13.8 Å². The fraction of sp³-hybridized carbons (Fsp3) is 0.0833. The Morgan fingerprint density at radius 2 is 1.16 bits per heavy atom. The van der Waals surface area contributed by atoms with Gasteiger partial charge in [-0.05, 0) is 48.2 Å². The van der Waals surface area contributed by atoms with Crippen LogP contribution in [0.25, 0.3) is 11.6 Å². The van der Waals surface area contributed by atoms with Gasteiger partial charge in [0.2, 0.25) is 0 Å². The lowest BCUT2D eigenvalue weighted by Gasteiger charge is -2.09. The van der Waals surface area contributed by atoms with E-state index in [1.165, 1.54) is 27.8 Å². The van der Waals surface area contributed by atoms with Crippen LogP contribution in [0.1, 0.15) is 27.8 Å². The standard InChI is InChI=1S/C24H21Cl/c1-18-6-12-21(13-7-18)24(22-14-8-19(2)9-15-22)5-3-4-20-10-16-23(25)17-11-20/h3-17H,1-2H3/b4-3+. The summed E-state index contributed by atoms with van der Waals surface area (Å²) in [4.78, 5) is 0. The molecule has 0 saturated carbocycles.